The summed E-state index contributed by atoms with van der Waals surface area (Å²) in [6.45, 7) is 0. The molecule has 1 aliphatic heterocycles. The number of fused-ring (bicyclic) bond motifs is 1. The number of hydrogen-bond acceptors (Lipinski definition) is 3. The summed E-state index contributed by atoms with van der Waals surface area (Å²) in [4.78, 5) is 25.5. The molecule has 1 aromatic carbocycles. The van der Waals surface area contributed by atoms with Crippen LogP contribution in [0, 0.1) is 11.6 Å². The van der Waals surface area contributed by atoms with E-state index in [1.54, 1.807) is 0 Å². The van der Waals surface area contributed by atoms with E-state index in [1.807, 2.05) is 0 Å². The summed E-state index contributed by atoms with van der Waals surface area (Å²) in [6, 6.07) is 1.13. The van der Waals surface area contributed by atoms with Gasteiger partial charge in [-0.15, -0.1) is 0 Å². The smallest absolute Gasteiger partial charge is 0.286 e. The number of hydrogen-bond donors (Lipinski definition) is 2. The minimum absolute atomic E-state index is 0.107. The van der Waals surface area contributed by atoms with Crippen molar-refractivity contribution in [3.05, 3.63) is 33.9 Å². The van der Waals surface area contributed by atoms with Crippen LogP contribution < -0.4 is 5.32 Å². The van der Waals surface area contributed by atoms with Gasteiger partial charge in [-0.05, 0) is 33.8 Å². The molecule has 0 radical (unpaired) electrons. The monoisotopic (exact) mass is 346 g/mol. The van der Waals surface area contributed by atoms with E-state index >= 15 is 0 Å². The van der Waals surface area contributed by atoms with Crippen LogP contribution in [0.2, 0.25) is 0 Å². The first-order valence-corrected chi connectivity index (χ1v) is 6.82. The van der Waals surface area contributed by atoms with E-state index in [0.29, 0.717) is 5.56 Å². The fourth-order valence-corrected chi connectivity index (χ4v) is 3.15. The van der Waals surface area contributed by atoms with Crippen molar-refractivity contribution in [2.24, 2.45) is 0 Å². The standard InChI is InChI=1S/C11H5BrF2N2O2S/c12-7-4(13)1-5-6(8(7)14)3(2-15-5)9-10(17)16-11(18)19-9/h1-2,9,15H,(H,16,17,18). The normalized spacial score (nSPS) is 19.2. The lowest BCUT2D eigenvalue weighted by atomic mass is 10.1. The number of benzene rings is 1. The number of imide groups is 1. The van der Waals surface area contributed by atoms with Crippen molar-refractivity contribution in [2.75, 3.05) is 0 Å². The molecule has 1 atom stereocenters. The molecule has 3 rings (SSSR count). The maximum absolute atomic E-state index is 14.1. The minimum Gasteiger partial charge on any atom is -0.361 e. The van der Waals surface area contributed by atoms with E-state index in [1.165, 1.54) is 6.20 Å². The van der Waals surface area contributed by atoms with Gasteiger partial charge >= 0.3 is 0 Å². The van der Waals surface area contributed by atoms with Gasteiger partial charge in [-0.25, -0.2) is 8.78 Å². The summed E-state index contributed by atoms with van der Waals surface area (Å²) in [6.07, 6.45) is 1.41. The molecule has 0 aliphatic carbocycles. The van der Waals surface area contributed by atoms with E-state index in [2.05, 4.69) is 26.2 Å². The number of halogens is 3. The van der Waals surface area contributed by atoms with Crippen molar-refractivity contribution in [2.45, 2.75) is 5.25 Å². The third-order valence-corrected chi connectivity index (χ3v) is 4.55. The number of H-pyrrole nitrogens is 1. The van der Waals surface area contributed by atoms with Gasteiger partial charge in [-0.3, -0.25) is 14.9 Å². The zero-order valence-electron chi connectivity index (χ0n) is 9.09. The van der Waals surface area contributed by atoms with Gasteiger partial charge in [0.25, 0.3) is 5.24 Å². The largest absolute Gasteiger partial charge is 0.361 e. The molecule has 2 amide bonds. The second kappa shape index (κ2) is 4.31. The maximum Gasteiger partial charge on any atom is 0.286 e. The zero-order valence-corrected chi connectivity index (χ0v) is 11.5. The van der Waals surface area contributed by atoms with Gasteiger partial charge in [0, 0.05) is 17.1 Å². The summed E-state index contributed by atoms with van der Waals surface area (Å²) >= 11 is 3.59. The van der Waals surface area contributed by atoms with E-state index < -0.39 is 28.0 Å². The topological polar surface area (TPSA) is 62.0 Å². The van der Waals surface area contributed by atoms with E-state index in [9.17, 15) is 18.4 Å². The van der Waals surface area contributed by atoms with Crippen LogP contribution in [0.5, 0.6) is 0 Å². The summed E-state index contributed by atoms with van der Waals surface area (Å²) < 4.78 is 27.2. The Morgan fingerprint density at radius 2 is 2.05 bits per heavy atom. The number of nitrogens with one attached hydrogen (secondary N) is 2. The molecule has 1 aromatic heterocycles. The summed E-state index contributed by atoms with van der Waals surface area (Å²) in [5.41, 5.74) is 0.558. The van der Waals surface area contributed by atoms with Gasteiger partial charge in [0.05, 0.1) is 9.99 Å². The summed E-state index contributed by atoms with van der Waals surface area (Å²) in [5, 5.41) is 0.929. The number of aromatic amines is 1. The highest BCUT2D eigenvalue weighted by Gasteiger charge is 2.35. The molecule has 2 heterocycles. The molecule has 4 nitrogen and oxygen atoms in total. The molecule has 98 valence electrons. The Balaban J connectivity index is 2.23. The quantitative estimate of drug-likeness (QED) is 0.779. The highest BCUT2D eigenvalue weighted by molar-refractivity contribution is 9.10. The van der Waals surface area contributed by atoms with Crippen LogP contribution >= 0.6 is 27.7 Å². The van der Waals surface area contributed by atoms with Crippen LogP contribution in [-0.2, 0) is 4.79 Å². The predicted octanol–water partition coefficient (Wildman–Crippen LogP) is 3.23. The number of amides is 2. The van der Waals surface area contributed by atoms with E-state index in [-0.39, 0.29) is 15.4 Å². The Morgan fingerprint density at radius 1 is 1.32 bits per heavy atom. The molecule has 2 N–H and O–H groups in total. The molecule has 1 saturated heterocycles. The third kappa shape index (κ3) is 1.86. The highest BCUT2D eigenvalue weighted by Crippen LogP contribution is 2.40. The Kier molecular flexibility index (Phi) is 2.86. The van der Waals surface area contributed by atoms with Crippen molar-refractivity contribution in [3.63, 3.8) is 0 Å². The second-order valence-corrected chi connectivity index (χ2v) is 5.80. The van der Waals surface area contributed by atoms with Gasteiger partial charge in [-0.2, -0.15) is 0 Å². The van der Waals surface area contributed by atoms with E-state index in [0.717, 1.165) is 17.8 Å². The number of rotatable bonds is 1. The molecule has 0 spiro atoms. The van der Waals surface area contributed by atoms with Crippen LogP contribution in [0.3, 0.4) is 0 Å². The van der Waals surface area contributed by atoms with Crippen molar-refractivity contribution >= 4 is 49.7 Å². The molecule has 2 aromatic rings. The number of carbonyl (C=O) groups excluding carboxylic acids is 2. The first-order chi connectivity index (χ1) is 8.99. The lowest BCUT2D eigenvalue weighted by Gasteiger charge is -2.05. The average molecular weight is 347 g/mol. The number of thioether (sulfide) groups is 1. The summed E-state index contributed by atoms with van der Waals surface area (Å²) in [5.74, 6) is -2.03. The van der Waals surface area contributed by atoms with Crippen LogP contribution in [0.25, 0.3) is 10.9 Å². The van der Waals surface area contributed by atoms with Crippen molar-refractivity contribution in [1.29, 1.82) is 0 Å². The number of aromatic nitrogens is 1. The van der Waals surface area contributed by atoms with E-state index in [4.69, 9.17) is 0 Å². The van der Waals surface area contributed by atoms with Crippen LogP contribution in [0.1, 0.15) is 10.8 Å². The lowest BCUT2D eigenvalue weighted by Crippen LogP contribution is -2.20. The Hall–Kier alpha value is -1.41. The Morgan fingerprint density at radius 3 is 2.68 bits per heavy atom. The predicted molar refractivity (Wildman–Crippen MR) is 69.8 cm³/mol. The molecular formula is C11H5BrF2N2O2S. The summed E-state index contributed by atoms with van der Waals surface area (Å²) in [7, 11) is 0. The molecule has 1 unspecified atom stereocenters. The first-order valence-electron chi connectivity index (χ1n) is 5.15. The third-order valence-electron chi connectivity index (χ3n) is 2.80. The van der Waals surface area contributed by atoms with Crippen molar-refractivity contribution in [1.82, 2.24) is 10.3 Å². The molecule has 19 heavy (non-hydrogen) atoms. The fourth-order valence-electron chi connectivity index (χ4n) is 1.99. The first kappa shape index (κ1) is 12.6. The Labute approximate surface area is 118 Å². The maximum atomic E-state index is 14.1. The van der Waals surface area contributed by atoms with Gasteiger partial charge in [-0.1, -0.05) is 0 Å². The zero-order chi connectivity index (χ0) is 13.7. The molecule has 8 heteroatoms. The van der Waals surface area contributed by atoms with Gasteiger partial charge in [0.2, 0.25) is 5.91 Å². The molecule has 0 bridgehead atoms. The fraction of sp³-hybridized carbons (Fsp3) is 0.0909. The average Bonchev–Trinajstić information content (AvgIpc) is 2.89. The van der Waals surface area contributed by atoms with Crippen LogP contribution in [-0.4, -0.2) is 16.1 Å². The van der Waals surface area contributed by atoms with Crippen molar-refractivity contribution in [3.8, 4) is 0 Å². The van der Waals surface area contributed by atoms with Gasteiger partial charge in [0.1, 0.15) is 16.9 Å². The highest BCUT2D eigenvalue weighted by atomic mass is 79.9. The lowest BCUT2D eigenvalue weighted by molar-refractivity contribution is -0.119. The molecular weight excluding hydrogens is 342 g/mol. The molecule has 0 saturated carbocycles. The molecule has 1 aliphatic rings. The van der Waals surface area contributed by atoms with Crippen LogP contribution in [0.15, 0.2) is 16.7 Å². The Bertz CT molecular complexity index is 731. The SMILES string of the molecule is O=C1NC(=O)C(c2c[nH]c3cc(F)c(Br)c(F)c23)S1. The van der Waals surface area contributed by atoms with Crippen molar-refractivity contribution < 1.29 is 18.4 Å². The van der Waals surface area contributed by atoms with Gasteiger partial charge < -0.3 is 4.98 Å². The van der Waals surface area contributed by atoms with Gasteiger partial charge in [0.15, 0.2) is 0 Å². The van der Waals surface area contributed by atoms with Crippen LogP contribution in [0.4, 0.5) is 13.6 Å². The second-order valence-electron chi connectivity index (χ2n) is 3.93. The number of carbonyl (C=O) groups is 2. The molecule has 1 fully saturated rings. The minimum atomic E-state index is -0.826.